The zero-order valence-electron chi connectivity index (χ0n) is 20.9. The summed E-state index contributed by atoms with van der Waals surface area (Å²) in [6.07, 6.45) is 0. The molecule has 0 aliphatic rings. The van der Waals surface area contributed by atoms with Gasteiger partial charge in [-0.3, -0.25) is 0 Å². The second-order valence-electron chi connectivity index (χ2n) is 10.3. The van der Waals surface area contributed by atoms with Crippen molar-refractivity contribution in [1.82, 2.24) is 0 Å². The van der Waals surface area contributed by atoms with Gasteiger partial charge in [-0.1, -0.05) is 97.1 Å². The van der Waals surface area contributed by atoms with E-state index in [0.717, 1.165) is 0 Å². The summed E-state index contributed by atoms with van der Waals surface area (Å²) in [5, 5.41) is 12.8. The van der Waals surface area contributed by atoms with Crippen molar-refractivity contribution in [1.29, 1.82) is 0 Å². The van der Waals surface area contributed by atoms with Crippen molar-refractivity contribution in [2.75, 3.05) is 0 Å². The van der Waals surface area contributed by atoms with Gasteiger partial charge in [-0.15, -0.1) is 0 Å². The molecular weight excluding hydrogens is 456 g/mol. The van der Waals surface area contributed by atoms with E-state index in [9.17, 15) is 0 Å². The van der Waals surface area contributed by atoms with Gasteiger partial charge in [0.1, 0.15) is 0 Å². The zero-order chi connectivity index (χ0) is 25.1. The Bertz CT molecular complexity index is 2020. The third-order valence-corrected chi connectivity index (χ3v) is 7.92. The molecule has 0 heterocycles. The summed E-state index contributed by atoms with van der Waals surface area (Å²) in [7, 11) is 0. The Morgan fingerprint density at radius 3 is 0.763 bits per heavy atom. The van der Waals surface area contributed by atoms with Gasteiger partial charge in [0, 0.05) is 0 Å². The average Bonchev–Trinajstić information content (AvgIpc) is 2.98. The molecule has 38 heavy (non-hydrogen) atoms. The minimum absolute atomic E-state index is 1.25. The van der Waals surface area contributed by atoms with Gasteiger partial charge >= 0.3 is 0 Å². The standard InChI is InChI=1S/C38H24/c1-3-7-27-21-37-23-33(13-15-35(37)17-25(27)5-1)31-11-9-30-20-32(12-10-29(30)19-31)34-14-16-36-18-26-6-2-4-8-28(26)22-38(36)24-34/h1-24H. The quantitative estimate of drug-likeness (QED) is 0.216. The highest BCUT2D eigenvalue weighted by molar-refractivity contribution is 6.02. The molecule has 0 amide bonds. The fraction of sp³-hybridized carbons (Fsp3) is 0. The van der Waals surface area contributed by atoms with Crippen LogP contribution in [0.4, 0.5) is 0 Å². The maximum absolute atomic E-state index is 2.32. The van der Waals surface area contributed by atoms with Crippen LogP contribution in [0.5, 0.6) is 0 Å². The molecule has 8 aromatic carbocycles. The molecule has 8 rings (SSSR count). The lowest BCUT2D eigenvalue weighted by atomic mass is 9.95. The topological polar surface area (TPSA) is 0 Å². The van der Waals surface area contributed by atoms with Crippen LogP contribution >= 0.6 is 0 Å². The summed E-state index contributed by atoms with van der Waals surface area (Å²) in [5.74, 6) is 0. The lowest BCUT2D eigenvalue weighted by molar-refractivity contribution is 1.66. The summed E-state index contributed by atoms with van der Waals surface area (Å²) >= 11 is 0. The van der Waals surface area contributed by atoms with Gasteiger partial charge in [-0.05, 0) is 125 Å². The van der Waals surface area contributed by atoms with Crippen molar-refractivity contribution in [2.24, 2.45) is 0 Å². The minimum Gasteiger partial charge on any atom is -0.0616 e. The fourth-order valence-electron chi connectivity index (χ4n) is 5.84. The molecule has 176 valence electrons. The Hall–Kier alpha value is -4.94. The van der Waals surface area contributed by atoms with Gasteiger partial charge in [0.2, 0.25) is 0 Å². The van der Waals surface area contributed by atoms with Crippen LogP contribution in [-0.2, 0) is 0 Å². The fourth-order valence-corrected chi connectivity index (χ4v) is 5.84. The predicted octanol–water partition coefficient (Wildman–Crippen LogP) is 10.8. The predicted molar refractivity (Wildman–Crippen MR) is 165 cm³/mol. The number of rotatable bonds is 2. The third kappa shape index (κ3) is 3.54. The minimum atomic E-state index is 1.25. The first kappa shape index (κ1) is 21.2. The first-order valence-corrected chi connectivity index (χ1v) is 13.2. The lowest BCUT2D eigenvalue weighted by Crippen LogP contribution is -1.84. The van der Waals surface area contributed by atoms with Gasteiger partial charge < -0.3 is 0 Å². The molecule has 0 N–H and O–H groups in total. The van der Waals surface area contributed by atoms with Crippen LogP contribution in [0.1, 0.15) is 0 Å². The second-order valence-corrected chi connectivity index (χ2v) is 10.3. The van der Waals surface area contributed by atoms with Gasteiger partial charge in [0.05, 0.1) is 0 Å². The molecule has 0 bridgehead atoms. The van der Waals surface area contributed by atoms with E-state index in [0.29, 0.717) is 0 Å². The summed E-state index contributed by atoms with van der Waals surface area (Å²) < 4.78 is 0. The number of benzene rings is 8. The van der Waals surface area contributed by atoms with E-state index in [1.807, 2.05) is 0 Å². The SMILES string of the molecule is c1ccc2cc3cc(-c4ccc5cc(-c6ccc7cc8ccccc8cc7c6)ccc5c4)ccc3cc2c1. The van der Waals surface area contributed by atoms with Crippen LogP contribution < -0.4 is 0 Å². The number of hydrogen-bond acceptors (Lipinski definition) is 0. The van der Waals surface area contributed by atoms with Gasteiger partial charge in [-0.25, -0.2) is 0 Å². The summed E-state index contributed by atoms with van der Waals surface area (Å²) in [6.45, 7) is 0. The molecular formula is C38H24. The molecule has 0 fully saturated rings. The molecule has 0 saturated heterocycles. The molecule has 0 heteroatoms. The molecule has 0 unspecified atom stereocenters. The van der Waals surface area contributed by atoms with Crippen LogP contribution in [0.15, 0.2) is 146 Å². The van der Waals surface area contributed by atoms with Crippen molar-refractivity contribution in [3.8, 4) is 22.3 Å². The largest absolute Gasteiger partial charge is 0.0616 e. The van der Waals surface area contributed by atoms with Crippen molar-refractivity contribution in [3.63, 3.8) is 0 Å². The number of hydrogen-bond donors (Lipinski definition) is 0. The second kappa shape index (κ2) is 8.30. The highest BCUT2D eigenvalue weighted by Gasteiger charge is 2.06. The van der Waals surface area contributed by atoms with Crippen molar-refractivity contribution in [2.45, 2.75) is 0 Å². The maximum Gasteiger partial charge on any atom is -0.0171 e. The zero-order valence-corrected chi connectivity index (χ0v) is 20.9. The maximum atomic E-state index is 2.32. The Morgan fingerprint density at radius 1 is 0.184 bits per heavy atom. The van der Waals surface area contributed by atoms with E-state index in [4.69, 9.17) is 0 Å². The van der Waals surface area contributed by atoms with Crippen LogP contribution in [0.3, 0.4) is 0 Å². The molecule has 0 saturated carbocycles. The molecule has 8 aromatic rings. The molecule has 0 spiro atoms. The van der Waals surface area contributed by atoms with E-state index >= 15 is 0 Å². The van der Waals surface area contributed by atoms with E-state index < -0.39 is 0 Å². The summed E-state index contributed by atoms with van der Waals surface area (Å²) in [4.78, 5) is 0. The normalized spacial score (nSPS) is 11.7. The van der Waals surface area contributed by atoms with E-state index in [1.165, 1.54) is 76.1 Å². The Labute approximate surface area is 221 Å². The van der Waals surface area contributed by atoms with Crippen LogP contribution in [0.2, 0.25) is 0 Å². The van der Waals surface area contributed by atoms with Crippen molar-refractivity contribution in [3.05, 3.63) is 146 Å². The Balaban J connectivity index is 1.17. The Morgan fingerprint density at radius 2 is 0.421 bits per heavy atom. The highest BCUT2D eigenvalue weighted by atomic mass is 14.1. The van der Waals surface area contributed by atoms with Crippen LogP contribution in [-0.4, -0.2) is 0 Å². The van der Waals surface area contributed by atoms with Gasteiger partial charge in [0.15, 0.2) is 0 Å². The molecule has 0 aliphatic carbocycles. The molecule has 0 aromatic heterocycles. The van der Waals surface area contributed by atoms with Crippen molar-refractivity contribution >= 4 is 53.9 Å². The van der Waals surface area contributed by atoms with Crippen molar-refractivity contribution < 1.29 is 0 Å². The van der Waals surface area contributed by atoms with Gasteiger partial charge in [-0.2, -0.15) is 0 Å². The van der Waals surface area contributed by atoms with Crippen LogP contribution in [0, 0.1) is 0 Å². The van der Waals surface area contributed by atoms with Gasteiger partial charge in [0.25, 0.3) is 0 Å². The van der Waals surface area contributed by atoms with Crippen LogP contribution in [0.25, 0.3) is 76.1 Å². The monoisotopic (exact) mass is 480 g/mol. The molecule has 0 radical (unpaired) electrons. The first-order chi connectivity index (χ1) is 18.8. The molecule has 0 aliphatic heterocycles. The molecule has 0 nitrogen and oxygen atoms in total. The van der Waals surface area contributed by atoms with E-state index in [-0.39, 0.29) is 0 Å². The lowest BCUT2D eigenvalue weighted by Gasteiger charge is -2.10. The third-order valence-electron chi connectivity index (χ3n) is 7.92. The first-order valence-electron chi connectivity index (χ1n) is 13.2. The highest BCUT2D eigenvalue weighted by Crippen LogP contribution is 2.33. The molecule has 0 atom stereocenters. The Kier molecular flexibility index (Phi) is 4.62. The van der Waals surface area contributed by atoms with E-state index in [2.05, 4.69) is 146 Å². The summed E-state index contributed by atoms with van der Waals surface area (Å²) in [6, 6.07) is 53.6. The summed E-state index contributed by atoms with van der Waals surface area (Å²) in [5.41, 5.74) is 5.00. The number of fused-ring (bicyclic) bond motifs is 5. The van der Waals surface area contributed by atoms with E-state index in [1.54, 1.807) is 0 Å². The average molecular weight is 481 g/mol. The smallest absolute Gasteiger partial charge is 0.0171 e.